The molecule has 0 spiro atoms. The van der Waals surface area contributed by atoms with Gasteiger partial charge in [0.15, 0.2) is 11.5 Å². The molecular formula is C23H21F3N2O2. The van der Waals surface area contributed by atoms with Crippen molar-refractivity contribution in [2.45, 2.75) is 45.5 Å². The van der Waals surface area contributed by atoms with Crippen LogP contribution in [0.15, 0.2) is 42.6 Å². The molecule has 1 aromatic heterocycles. The summed E-state index contributed by atoms with van der Waals surface area (Å²) in [5, 5.41) is 11.8. The van der Waals surface area contributed by atoms with E-state index in [4.69, 9.17) is 6.57 Å². The highest BCUT2D eigenvalue weighted by atomic mass is 19.4. The van der Waals surface area contributed by atoms with Crippen molar-refractivity contribution in [1.82, 2.24) is 4.57 Å². The zero-order valence-corrected chi connectivity index (χ0v) is 16.8. The van der Waals surface area contributed by atoms with Gasteiger partial charge < -0.3 is 9.67 Å². The molecule has 0 saturated carbocycles. The lowest BCUT2D eigenvalue weighted by Crippen LogP contribution is -2.40. The molecule has 0 amide bonds. The van der Waals surface area contributed by atoms with Crippen LogP contribution in [0.4, 0.5) is 18.9 Å². The molecule has 0 aliphatic carbocycles. The molecule has 4 nitrogen and oxygen atoms in total. The number of fused-ring (bicyclic) bond motifs is 1. The number of benzene rings is 2. The SMILES string of the molecule is [C-]#[N+]c1ccc(CC(=O)[C@@](C)(O)Cn2cc(C)c3cc(C)ccc32)cc1C(F)(F)F. The maximum absolute atomic E-state index is 13.2. The van der Waals surface area contributed by atoms with Crippen molar-refractivity contribution in [3.05, 3.63) is 76.3 Å². The normalized spacial score (nSPS) is 13.8. The van der Waals surface area contributed by atoms with Crippen molar-refractivity contribution in [3.8, 4) is 0 Å². The van der Waals surface area contributed by atoms with E-state index in [-0.39, 0.29) is 18.5 Å². The largest absolute Gasteiger partial charge is 0.407 e. The highest BCUT2D eigenvalue weighted by Gasteiger charge is 2.35. The van der Waals surface area contributed by atoms with Crippen LogP contribution < -0.4 is 0 Å². The summed E-state index contributed by atoms with van der Waals surface area (Å²) in [5.41, 5.74) is -0.313. The minimum Gasteiger partial charge on any atom is -0.380 e. The summed E-state index contributed by atoms with van der Waals surface area (Å²) in [6.45, 7) is 12.2. The third-order valence-electron chi connectivity index (χ3n) is 5.17. The second-order valence-corrected chi connectivity index (χ2v) is 7.80. The second-order valence-electron chi connectivity index (χ2n) is 7.80. The van der Waals surface area contributed by atoms with E-state index in [1.807, 2.05) is 38.2 Å². The van der Waals surface area contributed by atoms with Gasteiger partial charge in [-0.2, -0.15) is 13.2 Å². The Bertz CT molecular complexity index is 1170. The minimum absolute atomic E-state index is 0.0223. The Morgan fingerprint density at radius 3 is 2.50 bits per heavy atom. The maximum Gasteiger partial charge on any atom is 0.407 e. The average molecular weight is 414 g/mol. The van der Waals surface area contributed by atoms with Crippen LogP contribution in [-0.2, 0) is 23.9 Å². The molecule has 3 rings (SSSR count). The molecule has 1 atom stereocenters. The second kappa shape index (κ2) is 7.62. The van der Waals surface area contributed by atoms with Crippen molar-refractivity contribution in [3.63, 3.8) is 0 Å². The zero-order valence-electron chi connectivity index (χ0n) is 16.8. The number of rotatable bonds is 5. The summed E-state index contributed by atoms with van der Waals surface area (Å²) in [5.74, 6) is -0.599. The van der Waals surface area contributed by atoms with Crippen molar-refractivity contribution in [2.24, 2.45) is 0 Å². The molecule has 2 aromatic carbocycles. The fourth-order valence-electron chi connectivity index (χ4n) is 3.53. The molecule has 0 radical (unpaired) electrons. The van der Waals surface area contributed by atoms with Gasteiger partial charge in [-0.15, -0.1) is 0 Å². The van der Waals surface area contributed by atoms with E-state index < -0.39 is 28.8 Å². The van der Waals surface area contributed by atoms with Crippen molar-refractivity contribution in [1.29, 1.82) is 0 Å². The summed E-state index contributed by atoms with van der Waals surface area (Å²) in [6.07, 6.45) is -3.22. The van der Waals surface area contributed by atoms with Gasteiger partial charge in [0, 0.05) is 23.5 Å². The van der Waals surface area contributed by atoms with E-state index in [9.17, 15) is 23.1 Å². The lowest BCUT2D eigenvalue weighted by Gasteiger charge is -2.23. The number of nitrogens with zero attached hydrogens (tertiary/aromatic N) is 2. The monoisotopic (exact) mass is 414 g/mol. The minimum atomic E-state index is -4.69. The van der Waals surface area contributed by atoms with E-state index in [0.29, 0.717) is 0 Å². The molecule has 30 heavy (non-hydrogen) atoms. The predicted molar refractivity (Wildman–Crippen MR) is 108 cm³/mol. The lowest BCUT2D eigenvalue weighted by molar-refractivity contribution is -0.138. The van der Waals surface area contributed by atoms with E-state index in [0.717, 1.165) is 34.2 Å². The van der Waals surface area contributed by atoms with Crippen LogP contribution in [0.25, 0.3) is 15.7 Å². The third-order valence-corrected chi connectivity index (χ3v) is 5.17. The molecule has 0 aliphatic rings. The number of aliphatic hydroxyl groups is 1. The van der Waals surface area contributed by atoms with Gasteiger partial charge in [-0.05, 0) is 44.0 Å². The topological polar surface area (TPSA) is 46.6 Å². The lowest BCUT2D eigenvalue weighted by atomic mass is 9.94. The molecule has 1 N–H and O–H groups in total. The van der Waals surface area contributed by atoms with Gasteiger partial charge in [-0.25, -0.2) is 4.85 Å². The van der Waals surface area contributed by atoms with E-state index in [2.05, 4.69) is 4.85 Å². The summed E-state index contributed by atoms with van der Waals surface area (Å²) in [6, 6.07) is 9.05. The number of aryl methyl sites for hydroxylation is 2. The third kappa shape index (κ3) is 4.24. The number of alkyl halides is 3. The predicted octanol–water partition coefficient (Wildman–Crippen LogP) is 5.39. The first-order chi connectivity index (χ1) is 13.9. The summed E-state index contributed by atoms with van der Waals surface area (Å²) >= 11 is 0. The Balaban J connectivity index is 1.86. The van der Waals surface area contributed by atoms with E-state index in [1.54, 1.807) is 4.57 Å². The van der Waals surface area contributed by atoms with Crippen LogP contribution in [0.5, 0.6) is 0 Å². The highest BCUT2D eigenvalue weighted by Crippen LogP contribution is 2.37. The molecule has 1 heterocycles. The Labute approximate surface area is 172 Å². The van der Waals surface area contributed by atoms with Crippen LogP contribution in [0.1, 0.15) is 29.2 Å². The Hall–Kier alpha value is -3.11. The molecule has 0 bridgehead atoms. The molecule has 0 unspecified atom stereocenters. The van der Waals surface area contributed by atoms with Gasteiger partial charge in [0.2, 0.25) is 0 Å². The van der Waals surface area contributed by atoms with Gasteiger partial charge in [0.25, 0.3) is 0 Å². The fraction of sp³-hybridized carbons (Fsp3) is 0.304. The first-order valence-electron chi connectivity index (χ1n) is 9.32. The van der Waals surface area contributed by atoms with Gasteiger partial charge >= 0.3 is 6.18 Å². The zero-order chi connectivity index (χ0) is 22.3. The molecule has 0 saturated heterocycles. The summed E-state index contributed by atoms with van der Waals surface area (Å²) < 4.78 is 41.3. The Kier molecular flexibility index (Phi) is 5.48. The van der Waals surface area contributed by atoms with Crippen molar-refractivity contribution >= 4 is 22.4 Å². The number of ketones is 1. The van der Waals surface area contributed by atoms with Crippen LogP contribution in [0, 0.1) is 20.4 Å². The van der Waals surface area contributed by atoms with Crippen molar-refractivity contribution < 1.29 is 23.1 Å². The smallest absolute Gasteiger partial charge is 0.380 e. The first-order valence-corrected chi connectivity index (χ1v) is 9.32. The van der Waals surface area contributed by atoms with Gasteiger partial charge in [0.05, 0.1) is 18.7 Å². The number of carbonyl (C=O) groups is 1. The van der Waals surface area contributed by atoms with Crippen LogP contribution >= 0.6 is 0 Å². The molecule has 0 fully saturated rings. The quantitative estimate of drug-likeness (QED) is 0.569. The number of Topliss-reactive ketones (excluding diaryl/α,β-unsaturated/α-hetero) is 1. The van der Waals surface area contributed by atoms with Crippen LogP contribution in [0.2, 0.25) is 0 Å². The fourth-order valence-corrected chi connectivity index (χ4v) is 3.53. The van der Waals surface area contributed by atoms with Crippen molar-refractivity contribution in [2.75, 3.05) is 0 Å². The van der Waals surface area contributed by atoms with Crippen LogP contribution in [-0.4, -0.2) is 21.1 Å². The van der Waals surface area contributed by atoms with Gasteiger partial charge in [-0.3, -0.25) is 4.79 Å². The van der Waals surface area contributed by atoms with Crippen LogP contribution in [0.3, 0.4) is 0 Å². The Morgan fingerprint density at radius 2 is 1.87 bits per heavy atom. The van der Waals surface area contributed by atoms with E-state index in [1.165, 1.54) is 13.0 Å². The van der Waals surface area contributed by atoms with Gasteiger partial charge in [0.1, 0.15) is 5.60 Å². The van der Waals surface area contributed by atoms with Gasteiger partial charge in [-0.1, -0.05) is 29.8 Å². The number of carbonyl (C=O) groups excluding carboxylic acids is 1. The standard InChI is InChI=1S/C23H21F3N2O2/c1-14-5-8-20-17(9-14)15(2)12-28(20)13-22(3,30)21(29)11-16-6-7-19(27-4)18(10-16)23(24,25)26/h5-10,12,30H,11,13H2,1-3H3/t22-/m0/s1. The molecule has 7 heteroatoms. The van der Waals surface area contributed by atoms with E-state index >= 15 is 0 Å². The maximum atomic E-state index is 13.2. The number of aromatic nitrogens is 1. The average Bonchev–Trinajstić information content (AvgIpc) is 2.95. The number of hydrogen-bond donors (Lipinski definition) is 1. The summed E-state index contributed by atoms with van der Waals surface area (Å²) in [4.78, 5) is 15.6. The summed E-state index contributed by atoms with van der Waals surface area (Å²) in [7, 11) is 0. The molecule has 156 valence electrons. The highest BCUT2D eigenvalue weighted by molar-refractivity contribution is 5.89. The number of halogens is 3. The molecular weight excluding hydrogens is 393 g/mol. The Morgan fingerprint density at radius 1 is 1.17 bits per heavy atom. The number of hydrogen-bond acceptors (Lipinski definition) is 2. The first kappa shape index (κ1) is 21.6. The molecule has 3 aromatic rings. The molecule has 0 aliphatic heterocycles.